The van der Waals surface area contributed by atoms with Crippen molar-refractivity contribution in [2.45, 2.75) is 56.1 Å². The van der Waals surface area contributed by atoms with Crippen LogP contribution in [0.2, 0.25) is 0 Å². The lowest BCUT2D eigenvalue weighted by Gasteiger charge is -2.40. The van der Waals surface area contributed by atoms with Gasteiger partial charge >= 0.3 is 0 Å². The van der Waals surface area contributed by atoms with Gasteiger partial charge in [0, 0.05) is 17.8 Å². The van der Waals surface area contributed by atoms with Crippen LogP contribution >= 0.6 is 0 Å². The van der Waals surface area contributed by atoms with Gasteiger partial charge in [0.15, 0.2) is 0 Å². The number of anilines is 1. The molecule has 1 fully saturated rings. The third-order valence-corrected chi connectivity index (χ3v) is 6.94. The molecule has 0 amide bonds. The van der Waals surface area contributed by atoms with E-state index in [-0.39, 0.29) is 5.69 Å². The predicted octanol–water partition coefficient (Wildman–Crippen LogP) is 4.07. The molecule has 27 heavy (non-hydrogen) atoms. The second kappa shape index (κ2) is 7.68. The first-order valence-corrected chi connectivity index (χ1v) is 10.6. The first-order chi connectivity index (χ1) is 12.7. The Balaban J connectivity index is 2.16. The minimum atomic E-state index is -1.50. The number of rotatable bonds is 8. The quantitative estimate of drug-likeness (QED) is 0.668. The number of nitrogen functional groups attached to an aromatic ring is 1. The highest BCUT2D eigenvalue weighted by Crippen LogP contribution is 2.47. The van der Waals surface area contributed by atoms with E-state index in [0.29, 0.717) is 6.42 Å². The maximum absolute atomic E-state index is 13.9. The van der Waals surface area contributed by atoms with Crippen molar-refractivity contribution in [3.8, 4) is 0 Å². The van der Waals surface area contributed by atoms with Gasteiger partial charge in [-0.25, -0.2) is 8.60 Å². The maximum Gasteiger partial charge on any atom is 0.146 e. The van der Waals surface area contributed by atoms with E-state index in [1.807, 2.05) is 32.2 Å². The molecule has 1 aromatic heterocycles. The molecule has 1 aromatic carbocycles. The summed E-state index contributed by atoms with van der Waals surface area (Å²) in [6.07, 6.45) is 8.56. The van der Waals surface area contributed by atoms with Crippen LogP contribution in [0.15, 0.2) is 42.7 Å². The zero-order valence-electron chi connectivity index (χ0n) is 16.0. The molecule has 0 spiro atoms. The number of aromatic nitrogens is 1. The Bertz CT molecular complexity index is 823. The summed E-state index contributed by atoms with van der Waals surface area (Å²) in [6.45, 7) is 3.83. The second-order valence-electron chi connectivity index (χ2n) is 8.28. The predicted molar refractivity (Wildman–Crippen MR) is 109 cm³/mol. The molecule has 6 heteroatoms. The average molecular weight is 390 g/mol. The van der Waals surface area contributed by atoms with Crippen LogP contribution in [0.4, 0.5) is 10.1 Å². The van der Waals surface area contributed by atoms with Gasteiger partial charge < -0.3 is 5.73 Å². The van der Waals surface area contributed by atoms with E-state index in [9.17, 15) is 8.60 Å². The number of pyridine rings is 1. The van der Waals surface area contributed by atoms with Crippen LogP contribution in [0.5, 0.6) is 0 Å². The molecule has 2 unspecified atom stereocenters. The lowest BCUT2D eigenvalue weighted by atomic mass is 9.66. The number of hydrogen-bond acceptors (Lipinski definition) is 3. The summed E-state index contributed by atoms with van der Waals surface area (Å²) in [5, 5.41) is 5.83. The van der Waals surface area contributed by atoms with Gasteiger partial charge in [0.25, 0.3) is 0 Å². The molecule has 0 aliphatic heterocycles. The first kappa shape index (κ1) is 20.0. The minimum absolute atomic E-state index is 0.124. The van der Waals surface area contributed by atoms with E-state index in [4.69, 9.17) is 10.9 Å². The average Bonchev–Trinajstić information content (AvgIpc) is 3.46. The Hall–Kier alpha value is -1.79. The number of halogens is 1. The van der Waals surface area contributed by atoms with E-state index < -0.39 is 27.0 Å². The van der Waals surface area contributed by atoms with Crippen molar-refractivity contribution in [3.05, 3.63) is 59.7 Å². The molecule has 0 bridgehead atoms. The summed E-state index contributed by atoms with van der Waals surface area (Å²) in [4.78, 5) is 4.32. The summed E-state index contributed by atoms with van der Waals surface area (Å²) >= 11 is 0. The van der Waals surface area contributed by atoms with E-state index in [1.54, 1.807) is 18.3 Å². The van der Waals surface area contributed by atoms with Gasteiger partial charge in [-0.15, -0.1) is 0 Å². The Labute approximate surface area is 163 Å². The van der Waals surface area contributed by atoms with Crippen molar-refractivity contribution >= 4 is 16.7 Å². The Kier molecular flexibility index (Phi) is 5.68. The van der Waals surface area contributed by atoms with Crippen LogP contribution < -0.4 is 10.9 Å². The van der Waals surface area contributed by atoms with Gasteiger partial charge in [-0.3, -0.25) is 10.1 Å². The molecule has 3 rings (SSSR count). The summed E-state index contributed by atoms with van der Waals surface area (Å²) in [5.74, 6) is 0.299. The van der Waals surface area contributed by atoms with Gasteiger partial charge in [-0.2, -0.15) is 0 Å². The topological polar surface area (TPSA) is 82.0 Å². The highest BCUT2D eigenvalue weighted by atomic mass is 32.2. The number of benzene rings is 1. The molecule has 1 saturated carbocycles. The summed E-state index contributed by atoms with van der Waals surface area (Å²) < 4.78 is 25.5. The third kappa shape index (κ3) is 4.38. The molecular weight excluding hydrogens is 361 g/mol. The fourth-order valence-corrected chi connectivity index (χ4v) is 4.28. The zero-order chi connectivity index (χ0) is 19.7. The van der Waals surface area contributed by atoms with Crippen LogP contribution in [0.3, 0.4) is 0 Å². The van der Waals surface area contributed by atoms with E-state index in [1.165, 1.54) is 18.9 Å². The van der Waals surface area contributed by atoms with Crippen LogP contribution in [0.25, 0.3) is 0 Å². The van der Waals surface area contributed by atoms with Gasteiger partial charge in [-0.05, 0) is 68.4 Å². The molecule has 2 aromatic rings. The number of hydrogen-bond donors (Lipinski definition) is 2. The SMILES string of the molecule is CC(C)(CC(CCC1CC1)(c1cccnc1)c1ccc(F)c(N)c1)S(N)=O. The minimum Gasteiger partial charge on any atom is -0.396 e. The van der Waals surface area contributed by atoms with Crippen molar-refractivity contribution < 1.29 is 8.60 Å². The van der Waals surface area contributed by atoms with Gasteiger partial charge in [0.2, 0.25) is 0 Å². The molecule has 1 aliphatic carbocycles. The lowest BCUT2D eigenvalue weighted by molar-refractivity contribution is 0.369. The number of nitrogens with zero attached hydrogens (tertiary/aromatic N) is 1. The Morgan fingerprint density at radius 2 is 2.00 bits per heavy atom. The molecule has 2 atom stereocenters. The maximum atomic E-state index is 13.9. The monoisotopic (exact) mass is 389 g/mol. The summed E-state index contributed by atoms with van der Waals surface area (Å²) in [6, 6.07) is 8.86. The van der Waals surface area contributed by atoms with E-state index in [0.717, 1.165) is 29.9 Å². The Morgan fingerprint density at radius 1 is 1.26 bits per heavy atom. The molecule has 0 saturated heterocycles. The molecule has 4 N–H and O–H groups in total. The normalized spacial score (nSPS) is 18.1. The fraction of sp³-hybridized carbons (Fsp3) is 0.476. The van der Waals surface area contributed by atoms with Crippen molar-refractivity contribution in [1.29, 1.82) is 0 Å². The largest absolute Gasteiger partial charge is 0.396 e. The molecule has 0 radical (unpaired) electrons. The lowest BCUT2D eigenvalue weighted by Crippen LogP contribution is -2.42. The highest BCUT2D eigenvalue weighted by Gasteiger charge is 2.42. The highest BCUT2D eigenvalue weighted by molar-refractivity contribution is 7.84. The van der Waals surface area contributed by atoms with Crippen molar-refractivity contribution in [3.63, 3.8) is 0 Å². The second-order valence-corrected chi connectivity index (χ2v) is 9.98. The van der Waals surface area contributed by atoms with Crippen LogP contribution in [0, 0.1) is 11.7 Å². The molecule has 1 aliphatic rings. The number of nitrogens with two attached hydrogens (primary N) is 2. The van der Waals surface area contributed by atoms with Crippen LogP contribution in [0.1, 0.15) is 57.1 Å². The van der Waals surface area contributed by atoms with E-state index >= 15 is 0 Å². The van der Waals surface area contributed by atoms with Gasteiger partial charge in [-0.1, -0.05) is 25.0 Å². The van der Waals surface area contributed by atoms with Crippen LogP contribution in [-0.2, 0) is 16.4 Å². The third-order valence-electron chi connectivity index (χ3n) is 5.71. The first-order valence-electron chi connectivity index (χ1n) is 9.37. The van der Waals surface area contributed by atoms with Crippen molar-refractivity contribution in [2.75, 3.05) is 5.73 Å². The molecule has 1 heterocycles. The van der Waals surface area contributed by atoms with Gasteiger partial charge in [0.1, 0.15) is 5.82 Å². The summed E-state index contributed by atoms with van der Waals surface area (Å²) in [5.41, 5.74) is 7.51. The molecule has 146 valence electrons. The summed E-state index contributed by atoms with van der Waals surface area (Å²) in [7, 11) is -1.50. The van der Waals surface area contributed by atoms with Crippen molar-refractivity contribution in [2.24, 2.45) is 11.1 Å². The van der Waals surface area contributed by atoms with Gasteiger partial charge in [0.05, 0.1) is 21.4 Å². The standard InChI is InChI=1S/C21H28FN3OS/c1-20(2,27(24)26)14-21(10-9-15-5-6-15,17-4-3-11-25-13-17)16-7-8-18(22)19(23)12-16/h3-4,7-8,11-13,15H,5-6,9-10,14,23-24H2,1-2H3. The molecular formula is C21H28FN3OS. The van der Waals surface area contributed by atoms with Crippen molar-refractivity contribution in [1.82, 2.24) is 4.98 Å². The zero-order valence-corrected chi connectivity index (χ0v) is 16.8. The fourth-order valence-electron chi connectivity index (χ4n) is 3.89. The molecule has 4 nitrogen and oxygen atoms in total. The smallest absolute Gasteiger partial charge is 0.146 e. The van der Waals surface area contributed by atoms with Crippen LogP contribution in [-0.4, -0.2) is 13.9 Å². The Morgan fingerprint density at radius 3 is 2.56 bits per heavy atom. The van der Waals surface area contributed by atoms with E-state index in [2.05, 4.69) is 4.98 Å².